The molecule has 1 heterocycles. The summed E-state index contributed by atoms with van der Waals surface area (Å²) >= 11 is 0. The number of para-hydroxylation sites is 2. The van der Waals surface area contributed by atoms with Crippen molar-refractivity contribution >= 4 is 29.1 Å². The molecular weight excluding hydrogens is 428 g/mol. The van der Waals surface area contributed by atoms with Gasteiger partial charge in [-0.15, -0.1) is 0 Å². The summed E-state index contributed by atoms with van der Waals surface area (Å²) in [5.74, 6) is -2.77. The van der Waals surface area contributed by atoms with E-state index in [-0.39, 0.29) is 42.5 Å². The van der Waals surface area contributed by atoms with Crippen molar-refractivity contribution in [2.24, 2.45) is 5.92 Å². The maximum atomic E-state index is 14.1. The summed E-state index contributed by atoms with van der Waals surface area (Å²) in [6.07, 6.45) is -0.0565. The second-order valence-corrected chi connectivity index (χ2v) is 7.70. The first-order valence-electron chi connectivity index (χ1n) is 10.4. The van der Waals surface area contributed by atoms with Crippen LogP contribution in [0.1, 0.15) is 22.3 Å². The number of anilines is 2. The first-order chi connectivity index (χ1) is 15.9. The molecule has 6 nitrogen and oxygen atoms in total. The molecule has 0 unspecified atom stereocenters. The average Bonchev–Trinajstić information content (AvgIpc) is 3.20. The number of carbonyl (C=O) groups excluding carboxylic acids is 3. The minimum Gasteiger partial charge on any atom is -0.348 e. The van der Waals surface area contributed by atoms with E-state index in [1.165, 1.54) is 35.2 Å². The molecule has 168 valence electrons. The molecule has 3 amide bonds. The Morgan fingerprint density at radius 1 is 0.939 bits per heavy atom. The van der Waals surface area contributed by atoms with Crippen LogP contribution in [0, 0.1) is 17.6 Å². The fraction of sp³-hybridized carbons (Fsp3) is 0.160. The number of hydrogen-bond donors (Lipinski definition) is 2. The van der Waals surface area contributed by atoms with Crippen molar-refractivity contribution in [1.82, 2.24) is 5.32 Å². The minimum absolute atomic E-state index is 0.0462. The number of hydrogen-bond acceptors (Lipinski definition) is 3. The van der Waals surface area contributed by atoms with E-state index in [9.17, 15) is 23.2 Å². The van der Waals surface area contributed by atoms with Gasteiger partial charge in [-0.05, 0) is 42.0 Å². The zero-order chi connectivity index (χ0) is 23.4. The molecule has 0 aromatic heterocycles. The lowest BCUT2D eigenvalue weighted by atomic mass is 10.1. The summed E-state index contributed by atoms with van der Waals surface area (Å²) in [6, 6.07) is 18.2. The summed E-state index contributed by atoms with van der Waals surface area (Å²) < 4.78 is 27.1. The van der Waals surface area contributed by atoms with Gasteiger partial charge in [0.15, 0.2) is 0 Å². The van der Waals surface area contributed by atoms with Crippen LogP contribution in [0.25, 0.3) is 0 Å². The highest BCUT2D eigenvalue weighted by Crippen LogP contribution is 2.28. The molecule has 4 rings (SSSR count). The van der Waals surface area contributed by atoms with Crippen LogP contribution in [0.4, 0.5) is 20.2 Å². The van der Waals surface area contributed by atoms with Crippen molar-refractivity contribution in [2.45, 2.75) is 13.0 Å². The number of carbonyl (C=O) groups is 3. The highest BCUT2D eigenvalue weighted by molar-refractivity contribution is 6.07. The van der Waals surface area contributed by atoms with E-state index < -0.39 is 23.5 Å². The predicted octanol–water partition coefficient (Wildman–Crippen LogP) is 3.89. The van der Waals surface area contributed by atoms with Crippen molar-refractivity contribution in [3.05, 3.63) is 95.6 Å². The topological polar surface area (TPSA) is 78.5 Å². The van der Waals surface area contributed by atoms with Crippen molar-refractivity contribution in [3.8, 4) is 0 Å². The van der Waals surface area contributed by atoms with Crippen LogP contribution >= 0.6 is 0 Å². The van der Waals surface area contributed by atoms with Gasteiger partial charge in [0.25, 0.3) is 5.91 Å². The number of halogens is 2. The van der Waals surface area contributed by atoms with Crippen LogP contribution in [0.15, 0.2) is 72.8 Å². The van der Waals surface area contributed by atoms with E-state index in [0.29, 0.717) is 5.69 Å². The SMILES string of the molecule is O=C(NCc1ccc(F)cc1)c1ccccc1NC(=O)[C@H]1CC(=O)N(c2ccccc2F)C1. The maximum absolute atomic E-state index is 14.1. The van der Waals surface area contributed by atoms with E-state index >= 15 is 0 Å². The van der Waals surface area contributed by atoms with E-state index in [1.54, 1.807) is 42.5 Å². The van der Waals surface area contributed by atoms with Gasteiger partial charge in [-0.2, -0.15) is 0 Å². The third kappa shape index (κ3) is 5.06. The number of nitrogens with zero attached hydrogens (tertiary/aromatic N) is 1. The van der Waals surface area contributed by atoms with E-state index in [4.69, 9.17) is 0 Å². The summed E-state index contributed by atoms with van der Waals surface area (Å²) in [4.78, 5) is 39.2. The van der Waals surface area contributed by atoms with Crippen LogP contribution in [0.2, 0.25) is 0 Å². The van der Waals surface area contributed by atoms with Crippen LogP contribution < -0.4 is 15.5 Å². The van der Waals surface area contributed by atoms with Crippen LogP contribution in [0.3, 0.4) is 0 Å². The Hall–Kier alpha value is -4.07. The molecule has 33 heavy (non-hydrogen) atoms. The van der Waals surface area contributed by atoms with Gasteiger partial charge in [-0.1, -0.05) is 36.4 Å². The highest BCUT2D eigenvalue weighted by Gasteiger charge is 2.36. The molecule has 1 atom stereocenters. The Balaban J connectivity index is 1.42. The minimum atomic E-state index is -0.688. The van der Waals surface area contributed by atoms with Crippen molar-refractivity contribution in [3.63, 3.8) is 0 Å². The smallest absolute Gasteiger partial charge is 0.253 e. The normalized spacial score (nSPS) is 15.4. The molecule has 1 aliphatic heterocycles. The van der Waals surface area contributed by atoms with Crippen LogP contribution in [-0.2, 0) is 16.1 Å². The second kappa shape index (κ2) is 9.60. The second-order valence-electron chi connectivity index (χ2n) is 7.70. The van der Waals surface area contributed by atoms with Gasteiger partial charge in [0, 0.05) is 19.5 Å². The van der Waals surface area contributed by atoms with Crippen LogP contribution in [-0.4, -0.2) is 24.3 Å². The average molecular weight is 449 g/mol. The number of rotatable bonds is 6. The summed E-state index contributed by atoms with van der Waals surface area (Å²) in [7, 11) is 0. The Morgan fingerprint density at radius 2 is 1.64 bits per heavy atom. The molecule has 3 aromatic carbocycles. The third-order valence-corrected chi connectivity index (χ3v) is 5.43. The largest absolute Gasteiger partial charge is 0.348 e. The Bertz CT molecular complexity index is 1200. The molecule has 0 aliphatic carbocycles. The molecule has 0 saturated carbocycles. The molecule has 0 spiro atoms. The summed E-state index contributed by atoms with van der Waals surface area (Å²) in [5.41, 5.74) is 1.42. The molecule has 8 heteroatoms. The van der Waals surface area contributed by atoms with Gasteiger partial charge < -0.3 is 15.5 Å². The summed E-state index contributed by atoms with van der Waals surface area (Å²) in [6.45, 7) is 0.237. The first kappa shape index (κ1) is 22.1. The summed E-state index contributed by atoms with van der Waals surface area (Å²) in [5, 5.41) is 5.47. The quantitative estimate of drug-likeness (QED) is 0.600. The number of nitrogens with one attached hydrogen (secondary N) is 2. The van der Waals surface area contributed by atoms with Crippen molar-refractivity contribution < 1.29 is 23.2 Å². The lowest BCUT2D eigenvalue weighted by molar-refractivity contribution is -0.122. The number of amides is 3. The van der Waals surface area contributed by atoms with Gasteiger partial charge in [-0.25, -0.2) is 8.78 Å². The monoisotopic (exact) mass is 449 g/mol. The fourth-order valence-electron chi connectivity index (χ4n) is 3.69. The van der Waals surface area contributed by atoms with Gasteiger partial charge in [0.2, 0.25) is 11.8 Å². The van der Waals surface area contributed by atoms with Gasteiger partial charge >= 0.3 is 0 Å². The Kier molecular flexibility index (Phi) is 6.44. The van der Waals surface area contributed by atoms with Gasteiger partial charge in [-0.3, -0.25) is 14.4 Å². The maximum Gasteiger partial charge on any atom is 0.253 e. The van der Waals surface area contributed by atoms with Crippen molar-refractivity contribution in [1.29, 1.82) is 0 Å². The fourth-order valence-corrected chi connectivity index (χ4v) is 3.69. The Labute approximate surface area is 189 Å². The first-order valence-corrected chi connectivity index (χ1v) is 10.4. The predicted molar refractivity (Wildman–Crippen MR) is 120 cm³/mol. The zero-order valence-electron chi connectivity index (χ0n) is 17.6. The highest BCUT2D eigenvalue weighted by atomic mass is 19.1. The molecule has 3 aromatic rings. The lowest BCUT2D eigenvalue weighted by Gasteiger charge is -2.17. The zero-order valence-corrected chi connectivity index (χ0v) is 17.6. The molecule has 2 N–H and O–H groups in total. The molecule has 0 radical (unpaired) electrons. The van der Waals surface area contributed by atoms with Gasteiger partial charge in [0.05, 0.1) is 22.9 Å². The molecule has 1 saturated heterocycles. The Morgan fingerprint density at radius 3 is 2.39 bits per heavy atom. The van der Waals surface area contributed by atoms with Gasteiger partial charge in [0.1, 0.15) is 11.6 Å². The van der Waals surface area contributed by atoms with E-state index in [2.05, 4.69) is 10.6 Å². The molecular formula is C25H21F2N3O3. The van der Waals surface area contributed by atoms with Crippen molar-refractivity contribution in [2.75, 3.05) is 16.8 Å². The molecule has 1 aliphatic rings. The number of benzene rings is 3. The third-order valence-electron chi connectivity index (χ3n) is 5.43. The van der Waals surface area contributed by atoms with E-state index in [0.717, 1.165) is 5.56 Å². The lowest BCUT2D eigenvalue weighted by Crippen LogP contribution is -2.30. The standard InChI is InChI=1S/C25H21F2N3O3/c26-18-11-9-16(10-12-18)14-28-25(33)19-5-1-3-7-21(19)29-24(32)17-13-23(31)30(15-17)22-8-4-2-6-20(22)27/h1-12,17H,13-15H2,(H,28,33)(H,29,32)/t17-/m0/s1. The molecule has 0 bridgehead atoms. The van der Waals surface area contributed by atoms with E-state index in [1.807, 2.05) is 0 Å². The van der Waals surface area contributed by atoms with Crippen LogP contribution in [0.5, 0.6) is 0 Å². The molecule has 1 fully saturated rings.